The van der Waals surface area contributed by atoms with Gasteiger partial charge in [0.1, 0.15) is 0 Å². The van der Waals surface area contributed by atoms with Crippen LogP contribution in [0.15, 0.2) is 30.3 Å². The molecule has 17 heavy (non-hydrogen) atoms. The summed E-state index contributed by atoms with van der Waals surface area (Å²) >= 11 is 0. The predicted molar refractivity (Wildman–Crippen MR) is 73.0 cm³/mol. The zero-order chi connectivity index (χ0) is 11.9. The van der Waals surface area contributed by atoms with Crippen LogP contribution in [0, 0.1) is 0 Å². The topological polar surface area (TPSA) is 24.1 Å². The quantitative estimate of drug-likeness (QED) is 0.815. The van der Waals surface area contributed by atoms with E-state index in [-0.39, 0.29) is 0 Å². The molecule has 0 amide bonds. The fourth-order valence-corrected chi connectivity index (χ4v) is 2.65. The minimum absolute atomic E-state index is 0.713. The van der Waals surface area contributed by atoms with E-state index in [4.69, 9.17) is 0 Å². The molecule has 1 aromatic carbocycles. The Morgan fingerprint density at radius 1 is 0.941 bits per heavy atom. The van der Waals surface area contributed by atoms with Gasteiger partial charge in [-0.25, -0.2) is 0 Å². The maximum absolute atomic E-state index is 3.67. The number of benzene rings is 1. The van der Waals surface area contributed by atoms with E-state index >= 15 is 0 Å². The van der Waals surface area contributed by atoms with Crippen LogP contribution in [0.4, 0.5) is 0 Å². The molecule has 1 aromatic rings. The molecule has 1 saturated carbocycles. The van der Waals surface area contributed by atoms with E-state index < -0.39 is 0 Å². The van der Waals surface area contributed by atoms with Crippen LogP contribution in [0.1, 0.15) is 38.2 Å². The Morgan fingerprint density at radius 3 is 2.12 bits per heavy atom. The molecule has 1 fully saturated rings. The maximum Gasteiger partial charge on any atom is 0.0208 e. The van der Waals surface area contributed by atoms with Crippen molar-refractivity contribution in [1.29, 1.82) is 0 Å². The van der Waals surface area contributed by atoms with Gasteiger partial charge in [0.15, 0.2) is 0 Å². The smallest absolute Gasteiger partial charge is 0.0208 e. The fourth-order valence-electron chi connectivity index (χ4n) is 2.65. The summed E-state index contributed by atoms with van der Waals surface area (Å²) in [6, 6.07) is 12.2. The molecule has 0 saturated heterocycles. The lowest BCUT2D eigenvalue weighted by Gasteiger charge is -2.29. The van der Waals surface area contributed by atoms with Crippen LogP contribution in [0.3, 0.4) is 0 Å². The van der Waals surface area contributed by atoms with Crippen LogP contribution in [-0.4, -0.2) is 18.6 Å². The van der Waals surface area contributed by atoms with Crippen molar-refractivity contribution in [2.45, 2.75) is 51.2 Å². The van der Waals surface area contributed by atoms with Crippen LogP contribution >= 0.6 is 0 Å². The lowest BCUT2D eigenvalue weighted by atomic mass is 9.91. The van der Waals surface area contributed by atoms with E-state index in [0.29, 0.717) is 6.04 Å². The molecule has 0 radical (unpaired) electrons. The average Bonchev–Trinajstić information content (AvgIpc) is 2.40. The van der Waals surface area contributed by atoms with E-state index in [1.807, 2.05) is 0 Å². The Balaban J connectivity index is 1.68. The Labute approximate surface area is 105 Å². The first-order chi connectivity index (χ1) is 8.38. The van der Waals surface area contributed by atoms with E-state index in [9.17, 15) is 0 Å². The monoisotopic (exact) mass is 232 g/mol. The maximum atomic E-state index is 3.67. The van der Waals surface area contributed by atoms with Crippen molar-refractivity contribution in [2.75, 3.05) is 6.54 Å². The molecule has 0 atom stereocenters. The summed E-state index contributed by atoms with van der Waals surface area (Å²) < 4.78 is 0. The van der Waals surface area contributed by atoms with Crippen LogP contribution in [0.5, 0.6) is 0 Å². The van der Waals surface area contributed by atoms with E-state index in [2.05, 4.69) is 47.9 Å². The summed E-state index contributed by atoms with van der Waals surface area (Å²) in [7, 11) is 0. The second kappa shape index (κ2) is 6.77. The predicted octanol–water partition coefficient (Wildman–Crippen LogP) is 2.70. The van der Waals surface area contributed by atoms with Gasteiger partial charge in [0, 0.05) is 18.6 Å². The van der Waals surface area contributed by atoms with Crippen molar-refractivity contribution in [2.24, 2.45) is 0 Å². The summed E-state index contributed by atoms with van der Waals surface area (Å²) in [5, 5.41) is 7.22. The molecule has 0 aliphatic heterocycles. The molecule has 0 spiro atoms. The van der Waals surface area contributed by atoms with Crippen molar-refractivity contribution in [3.63, 3.8) is 0 Å². The van der Waals surface area contributed by atoms with Crippen LogP contribution in [-0.2, 0) is 6.54 Å². The van der Waals surface area contributed by atoms with Crippen molar-refractivity contribution in [3.05, 3.63) is 35.9 Å². The van der Waals surface area contributed by atoms with E-state index in [1.54, 1.807) is 0 Å². The summed E-state index contributed by atoms with van der Waals surface area (Å²) in [6.07, 6.45) is 5.26. The molecular formula is C15H24N2. The lowest BCUT2D eigenvalue weighted by molar-refractivity contribution is 0.310. The number of rotatable bonds is 5. The summed E-state index contributed by atoms with van der Waals surface area (Å²) in [4.78, 5) is 0. The summed E-state index contributed by atoms with van der Waals surface area (Å²) in [5.74, 6) is 0. The SMILES string of the molecule is CCNC1CCC(NCc2ccccc2)CC1. The normalized spacial score (nSPS) is 24.8. The first kappa shape index (κ1) is 12.6. The van der Waals surface area contributed by atoms with Crippen LogP contribution in [0.25, 0.3) is 0 Å². The van der Waals surface area contributed by atoms with Gasteiger partial charge >= 0.3 is 0 Å². The first-order valence-electron chi connectivity index (χ1n) is 6.89. The zero-order valence-corrected chi connectivity index (χ0v) is 10.8. The highest BCUT2D eigenvalue weighted by Crippen LogP contribution is 2.18. The Kier molecular flexibility index (Phi) is 5.02. The molecule has 0 unspecified atom stereocenters. The van der Waals surface area contributed by atoms with Crippen molar-refractivity contribution in [3.8, 4) is 0 Å². The van der Waals surface area contributed by atoms with Gasteiger partial charge in [-0.05, 0) is 37.8 Å². The molecule has 0 aromatic heterocycles. The van der Waals surface area contributed by atoms with Gasteiger partial charge in [-0.15, -0.1) is 0 Å². The average molecular weight is 232 g/mol. The largest absolute Gasteiger partial charge is 0.314 e. The highest BCUT2D eigenvalue weighted by atomic mass is 14.9. The third-order valence-electron chi connectivity index (χ3n) is 3.66. The van der Waals surface area contributed by atoms with Gasteiger partial charge < -0.3 is 10.6 Å². The van der Waals surface area contributed by atoms with Gasteiger partial charge in [-0.3, -0.25) is 0 Å². The Bertz CT molecular complexity index is 302. The standard InChI is InChI=1S/C15H24N2/c1-2-16-14-8-10-15(11-9-14)17-12-13-6-4-3-5-7-13/h3-7,14-17H,2,8-12H2,1H3. The van der Waals surface area contributed by atoms with Gasteiger partial charge in [0.05, 0.1) is 0 Å². The van der Waals surface area contributed by atoms with Crippen LogP contribution in [0.2, 0.25) is 0 Å². The number of nitrogens with one attached hydrogen (secondary N) is 2. The third-order valence-corrected chi connectivity index (χ3v) is 3.66. The Hall–Kier alpha value is -0.860. The minimum Gasteiger partial charge on any atom is -0.314 e. The van der Waals surface area contributed by atoms with Crippen molar-refractivity contribution in [1.82, 2.24) is 10.6 Å². The van der Waals surface area contributed by atoms with E-state index in [0.717, 1.165) is 19.1 Å². The molecule has 2 nitrogen and oxygen atoms in total. The highest BCUT2D eigenvalue weighted by Gasteiger charge is 2.19. The molecule has 1 aliphatic rings. The molecule has 94 valence electrons. The molecule has 2 N–H and O–H groups in total. The summed E-state index contributed by atoms with van der Waals surface area (Å²) in [5.41, 5.74) is 1.39. The second-order valence-corrected chi connectivity index (χ2v) is 4.97. The molecule has 1 aliphatic carbocycles. The molecular weight excluding hydrogens is 208 g/mol. The summed E-state index contributed by atoms with van der Waals surface area (Å²) in [6.45, 7) is 4.31. The van der Waals surface area contributed by atoms with Gasteiger partial charge in [-0.1, -0.05) is 37.3 Å². The second-order valence-electron chi connectivity index (χ2n) is 4.97. The lowest BCUT2D eigenvalue weighted by Crippen LogP contribution is -2.39. The van der Waals surface area contributed by atoms with Gasteiger partial charge in [0.25, 0.3) is 0 Å². The number of hydrogen-bond acceptors (Lipinski definition) is 2. The molecule has 0 bridgehead atoms. The minimum atomic E-state index is 0.713. The highest BCUT2D eigenvalue weighted by molar-refractivity contribution is 5.14. The van der Waals surface area contributed by atoms with Crippen molar-refractivity contribution < 1.29 is 0 Å². The van der Waals surface area contributed by atoms with Crippen LogP contribution < -0.4 is 10.6 Å². The fraction of sp³-hybridized carbons (Fsp3) is 0.600. The first-order valence-corrected chi connectivity index (χ1v) is 6.89. The van der Waals surface area contributed by atoms with Gasteiger partial charge in [-0.2, -0.15) is 0 Å². The zero-order valence-electron chi connectivity index (χ0n) is 10.8. The number of hydrogen-bond donors (Lipinski definition) is 2. The Morgan fingerprint density at radius 2 is 1.53 bits per heavy atom. The van der Waals surface area contributed by atoms with Crippen molar-refractivity contribution >= 4 is 0 Å². The third kappa shape index (κ3) is 4.14. The molecule has 2 heteroatoms. The van der Waals surface area contributed by atoms with E-state index in [1.165, 1.54) is 31.2 Å². The molecule has 2 rings (SSSR count). The van der Waals surface area contributed by atoms with Gasteiger partial charge in [0.2, 0.25) is 0 Å². The molecule has 0 heterocycles.